The lowest BCUT2D eigenvalue weighted by Gasteiger charge is -2.25. The number of anilines is 1. The van der Waals surface area contributed by atoms with Crippen LogP contribution in [0.2, 0.25) is 0 Å². The highest BCUT2D eigenvalue weighted by molar-refractivity contribution is 7.99. The highest BCUT2D eigenvalue weighted by Crippen LogP contribution is 2.41. The minimum absolute atomic E-state index is 0.257. The largest absolute Gasteiger partial charge is 0.466 e. The zero-order valence-corrected chi connectivity index (χ0v) is 15.8. The zero-order valence-electron chi connectivity index (χ0n) is 15.0. The number of nitrogens with one attached hydrogen (secondary N) is 1. The van der Waals surface area contributed by atoms with Crippen molar-refractivity contribution >= 4 is 35.2 Å². The summed E-state index contributed by atoms with van der Waals surface area (Å²) in [7, 11) is 0. The van der Waals surface area contributed by atoms with E-state index in [-0.39, 0.29) is 11.3 Å². The van der Waals surface area contributed by atoms with Crippen molar-refractivity contribution in [2.24, 2.45) is 0 Å². The number of rotatable bonds is 5. The molecule has 0 aliphatic carbocycles. The van der Waals surface area contributed by atoms with Crippen LogP contribution in [0.3, 0.4) is 0 Å². The highest BCUT2D eigenvalue weighted by Gasteiger charge is 2.43. The number of aryl methyl sites for hydroxylation is 1. The van der Waals surface area contributed by atoms with Crippen molar-refractivity contribution in [3.8, 4) is 0 Å². The average Bonchev–Trinajstić information content (AvgIpc) is 3.28. The van der Waals surface area contributed by atoms with Gasteiger partial charge in [0.1, 0.15) is 17.2 Å². The molecular weight excluding hydrogens is 368 g/mol. The fraction of sp³-hybridized carbons (Fsp3) is 0.316. The van der Waals surface area contributed by atoms with Crippen LogP contribution in [0.25, 0.3) is 0 Å². The van der Waals surface area contributed by atoms with Gasteiger partial charge in [0, 0.05) is 18.4 Å². The third kappa shape index (κ3) is 4.51. The molecule has 1 aliphatic rings. The molecule has 7 nitrogen and oxygen atoms in total. The van der Waals surface area contributed by atoms with Crippen molar-refractivity contribution in [3.63, 3.8) is 0 Å². The molecule has 0 saturated carbocycles. The summed E-state index contributed by atoms with van der Waals surface area (Å²) < 4.78 is 10.5. The van der Waals surface area contributed by atoms with Gasteiger partial charge in [-0.15, -0.1) is 11.8 Å². The summed E-state index contributed by atoms with van der Waals surface area (Å²) in [5, 5.41) is 2.30. The minimum Gasteiger partial charge on any atom is -0.466 e. The summed E-state index contributed by atoms with van der Waals surface area (Å²) in [5.74, 6) is -0.318. The monoisotopic (exact) mass is 388 g/mol. The fourth-order valence-corrected chi connectivity index (χ4v) is 4.29. The second-order valence-corrected chi connectivity index (χ2v) is 7.28. The van der Waals surface area contributed by atoms with E-state index in [0.29, 0.717) is 17.2 Å². The number of hydrogen-bond acceptors (Lipinski definition) is 6. The topological polar surface area (TPSA) is 88.8 Å². The first-order valence-corrected chi connectivity index (χ1v) is 9.47. The number of amides is 2. The lowest BCUT2D eigenvalue weighted by Crippen LogP contribution is -2.43. The van der Waals surface area contributed by atoms with E-state index in [2.05, 4.69) is 5.32 Å². The summed E-state index contributed by atoms with van der Waals surface area (Å²) in [6.45, 7) is 2.90. The van der Waals surface area contributed by atoms with Crippen molar-refractivity contribution in [1.82, 2.24) is 4.90 Å². The Morgan fingerprint density at radius 2 is 2.11 bits per heavy atom. The number of hydrogen-bond donors (Lipinski definition) is 1. The quantitative estimate of drug-likeness (QED) is 0.793. The predicted octanol–water partition coefficient (Wildman–Crippen LogP) is 2.73. The summed E-state index contributed by atoms with van der Waals surface area (Å²) in [6, 6.07) is 10.1. The van der Waals surface area contributed by atoms with Gasteiger partial charge in [0.2, 0.25) is 5.91 Å². The van der Waals surface area contributed by atoms with Gasteiger partial charge in [0.15, 0.2) is 6.61 Å². The molecule has 0 unspecified atom stereocenters. The van der Waals surface area contributed by atoms with E-state index in [1.165, 1.54) is 29.8 Å². The molecule has 8 heteroatoms. The molecule has 2 amide bonds. The molecule has 2 atom stereocenters. The molecule has 1 fully saturated rings. The van der Waals surface area contributed by atoms with Gasteiger partial charge in [0.05, 0.1) is 6.26 Å². The van der Waals surface area contributed by atoms with E-state index >= 15 is 0 Å². The maximum absolute atomic E-state index is 12.4. The van der Waals surface area contributed by atoms with Crippen LogP contribution in [0.4, 0.5) is 5.69 Å². The van der Waals surface area contributed by atoms with Crippen molar-refractivity contribution in [3.05, 3.63) is 54.0 Å². The normalized spacial score (nSPS) is 19.0. The van der Waals surface area contributed by atoms with E-state index < -0.39 is 24.5 Å². The Hall–Kier alpha value is -2.74. The second kappa shape index (κ2) is 8.30. The van der Waals surface area contributed by atoms with E-state index in [4.69, 9.17) is 9.15 Å². The Balaban J connectivity index is 1.58. The number of benzene rings is 1. The average molecular weight is 388 g/mol. The summed E-state index contributed by atoms with van der Waals surface area (Å²) >= 11 is 1.42. The maximum atomic E-state index is 12.4. The Labute approximate surface area is 161 Å². The van der Waals surface area contributed by atoms with E-state index in [1.807, 2.05) is 25.1 Å². The van der Waals surface area contributed by atoms with Crippen LogP contribution in [0.15, 0.2) is 47.1 Å². The van der Waals surface area contributed by atoms with Crippen molar-refractivity contribution in [2.75, 3.05) is 17.7 Å². The number of carbonyl (C=O) groups is 3. The molecule has 1 aromatic carbocycles. The highest BCUT2D eigenvalue weighted by atomic mass is 32.2. The van der Waals surface area contributed by atoms with Gasteiger partial charge in [-0.25, -0.2) is 4.79 Å². The maximum Gasteiger partial charge on any atom is 0.330 e. The SMILES string of the molecule is CC(=O)N1[C@@H](C(=O)OCC(=O)Nc2cccc(C)c2)CS[C@@H]1c1ccco1. The molecule has 142 valence electrons. The van der Waals surface area contributed by atoms with Crippen LogP contribution < -0.4 is 5.32 Å². The van der Waals surface area contributed by atoms with E-state index in [1.54, 1.807) is 18.2 Å². The van der Waals surface area contributed by atoms with Gasteiger partial charge < -0.3 is 19.4 Å². The van der Waals surface area contributed by atoms with Gasteiger partial charge >= 0.3 is 5.97 Å². The predicted molar refractivity (Wildman–Crippen MR) is 101 cm³/mol. The van der Waals surface area contributed by atoms with E-state index in [0.717, 1.165) is 5.56 Å². The minimum atomic E-state index is -0.755. The molecule has 1 aromatic heterocycles. The molecule has 0 radical (unpaired) electrons. The standard InChI is InChI=1S/C19H20N2O5S/c1-12-5-3-6-14(9-12)20-17(23)10-26-19(24)15-11-27-18(21(15)13(2)22)16-7-4-8-25-16/h3-9,15,18H,10-11H2,1-2H3,(H,20,23)/t15-,18-/m1/s1. The molecule has 2 heterocycles. The third-order valence-corrected chi connectivity index (χ3v) is 5.35. The molecule has 2 aromatic rings. The van der Waals surface area contributed by atoms with Gasteiger partial charge in [-0.2, -0.15) is 0 Å². The lowest BCUT2D eigenvalue weighted by atomic mass is 10.2. The number of ether oxygens (including phenoxy) is 1. The van der Waals surface area contributed by atoms with Crippen LogP contribution >= 0.6 is 11.8 Å². The zero-order chi connectivity index (χ0) is 19.4. The number of nitrogens with zero attached hydrogens (tertiary/aromatic N) is 1. The Morgan fingerprint density at radius 1 is 1.30 bits per heavy atom. The molecule has 1 saturated heterocycles. The molecule has 27 heavy (non-hydrogen) atoms. The summed E-state index contributed by atoms with van der Waals surface area (Å²) in [5.41, 5.74) is 1.64. The van der Waals surface area contributed by atoms with Gasteiger partial charge in [-0.1, -0.05) is 12.1 Å². The molecule has 1 aliphatic heterocycles. The number of furan rings is 1. The molecule has 1 N–H and O–H groups in total. The van der Waals surface area contributed by atoms with Crippen LogP contribution in [0, 0.1) is 6.92 Å². The smallest absolute Gasteiger partial charge is 0.330 e. The Kier molecular flexibility index (Phi) is 5.85. The summed E-state index contributed by atoms with van der Waals surface area (Å²) in [4.78, 5) is 38.0. The number of esters is 1. The van der Waals surface area contributed by atoms with Crippen LogP contribution in [0.5, 0.6) is 0 Å². The first kappa shape index (κ1) is 19.0. The Morgan fingerprint density at radius 3 is 2.78 bits per heavy atom. The second-order valence-electron chi connectivity index (χ2n) is 6.17. The van der Waals surface area contributed by atoms with Crippen LogP contribution in [-0.2, 0) is 19.1 Å². The molecular formula is C19H20N2O5S. The van der Waals surface area contributed by atoms with Gasteiger partial charge in [-0.05, 0) is 36.8 Å². The third-order valence-electron chi connectivity index (χ3n) is 4.07. The van der Waals surface area contributed by atoms with Crippen molar-refractivity contribution in [1.29, 1.82) is 0 Å². The molecule has 0 bridgehead atoms. The number of carbonyl (C=O) groups excluding carboxylic acids is 3. The summed E-state index contributed by atoms with van der Waals surface area (Å²) in [6.07, 6.45) is 1.52. The van der Waals surface area contributed by atoms with E-state index in [9.17, 15) is 14.4 Å². The van der Waals surface area contributed by atoms with Gasteiger partial charge in [-0.3, -0.25) is 9.59 Å². The van der Waals surface area contributed by atoms with Crippen molar-refractivity contribution in [2.45, 2.75) is 25.3 Å². The lowest BCUT2D eigenvalue weighted by molar-refractivity contribution is -0.155. The van der Waals surface area contributed by atoms with Crippen LogP contribution in [-0.4, -0.2) is 41.1 Å². The fourth-order valence-electron chi connectivity index (χ4n) is 2.88. The first-order valence-electron chi connectivity index (χ1n) is 8.43. The molecule has 3 rings (SSSR count). The van der Waals surface area contributed by atoms with Gasteiger partial charge in [0.25, 0.3) is 5.91 Å². The number of thioether (sulfide) groups is 1. The van der Waals surface area contributed by atoms with Crippen LogP contribution in [0.1, 0.15) is 23.6 Å². The van der Waals surface area contributed by atoms with Crippen molar-refractivity contribution < 1.29 is 23.5 Å². The Bertz CT molecular complexity index is 836. The first-order chi connectivity index (χ1) is 13.0. The molecule has 0 spiro atoms.